The van der Waals surface area contributed by atoms with Crippen molar-refractivity contribution in [2.24, 2.45) is 0 Å². The highest BCUT2D eigenvalue weighted by atomic mass is 16.1. The third-order valence-corrected chi connectivity index (χ3v) is 1.02. The summed E-state index contributed by atoms with van der Waals surface area (Å²) < 4.78 is 0. The minimum absolute atomic E-state index is 0.119. The molecule has 0 rings (SSSR count). The van der Waals surface area contributed by atoms with Crippen LogP contribution >= 0.6 is 0 Å². The maximum Gasteiger partial charge on any atom is 0.155 e. The first-order valence-electron chi connectivity index (χ1n) is 3.07. The van der Waals surface area contributed by atoms with Gasteiger partial charge in [-0.15, -0.1) is 0 Å². The summed E-state index contributed by atoms with van der Waals surface area (Å²) in [5.41, 5.74) is 0. The molecule has 0 aliphatic carbocycles. The summed E-state index contributed by atoms with van der Waals surface area (Å²) in [6, 6.07) is 0. The molecule has 0 aromatic heterocycles. The summed E-state index contributed by atoms with van der Waals surface area (Å²) in [5, 5.41) is 0. The van der Waals surface area contributed by atoms with Gasteiger partial charge in [-0.1, -0.05) is 18.7 Å². The van der Waals surface area contributed by atoms with E-state index in [0.29, 0.717) is 6.42 Å². The van der Waals surface area contributed by atoms with Gasteiger partial charge >= 0.3 is 0 Å². The number of hydrogen-bond acceptors (Lipinski definition) is 1. The fourth-order valence-corrected chi connectivity index (χ4v) is 0.494. The molecule has 0 heterocycles. The zero-order valence-corrected chi connectivity index (χ0v) is 5.76. The van der Waals surface area contributed by atoms with Crippen molar-refractivity contribution in [2.75, 3.05) is 0 Å². The highest BCUT2D eigenvalue weighted by Crippen LogP contribution is 1.92. The first-order valence-corrected chi connectivity index (χ1v) is 3.07. The van der Waals surface area contributed by atoms with E-state index in [-0.39, 0.29) is 5.78 Å². The van der Waals surface area contributed by atoms with Crippen molar-refractivity contribution >= 4 is 5.78 Å². The monoisotopic (exact) mass is 124 g/mol. The molecular weight excluding hydrogens is 112 g/mol. The van der Waals surface area contributed by atoms with Crippen LogP contribution in [0.15, 0.2) is 24.8 Å². The van der Waals surface area contributed by atoms with E-state index < -0.39 is 0 Å². The van der Waals surface area contributed by atoms with Gasteiger partial charge in [0.1, 0.15) is 0 Å². The standard InChI is InChI=1S/C8H12O/c1-3-5-6-7-8(9)4-2/h3-5H,2,6-7H2,1H3/b5-3+. The maximum absolute atomic E-state index is 10.5. The molecule has 0 unspecified atom stereocenters. The van der Waals surface area contributed by atoms with Gasteiger partial charge in [-0.05, 0) is 19.4 Å². The average Bonchev–Trinajstić information content (AvgIpc) is 1.89. The van der Waals surface area contributed by atoms with Crippen LogP contribution in [0.25, 0.3) is 0 Å². The van der Waals surface area contributed by atoms with Crippen LogP contribution < -0.4 is 0 Å². The van der Waals surface area contributed by atoms with E-state index >= 15 is 0 Å². The second-order valence-electron chi connectivity index (χ2n) is 1.78. The molecule has 0 bridgehead atoms. The van der Waals surface area contributed by atoms with Crippen molar-refractivity contribution in [3.63, 3.8) is 0 Å². The molecule has 0 aliphatic rings. The zero-order valence-electron chi connectivity index (χ0n) is 5.76. The van der Waals surface area contributed by atoms with Crippen LogP contribution in [0, 0.1) is 0 Å². The van der Waals surface area contributed by atoms with Gasteiger partial charge in [0.15, 0.2) is 5.78 Å². The smallest absolute Gasteiger partial charge is 0.155 e. The van der Waals surface area contributed by atoms with Crippen LogP contribution in [0.4, 0.5) is 0 Å². The Labute approximate surface area is 56.1 Å². The van der Waals surface area contributed by atoms with E-state index in [2.05, 4.69) is 6.58 Å². The summed E-state index contributed by atoms with van der Waals surface area (Å²) >= 11 is 0. The van der Waals surface area contributed by atoms with Gasteiger partial charge in [0.25, 0.3) is 0 Å². The Kier molecular flexibility index (Phi) is 4.79. The molecule has 0 aliphatic heterocycles. The average molecular weight is 124 g/mol. The first-order chi connectivity index (χ1) is 4.31. The van der Waals surface area contributed by atoms with Gasteiger partial charge in [-0.3, -0.25) is 4.79 Å². The quantitative estimate of drug-likeness (QED) is 0.414. The highest BCUT2D eigenvalue weighted by Gasteiger charge is 1.89. The third kappa shape index (κ3) is 5.01. The molecule has 0 aromatic carbocycles. The van der Waals surface area contributed by atoms with Crippen LogP contribution in [-0.4, -0.2) is 5.78 Å². The van der Waals surface area contributed by atoms with Gasteiger partial charge in [0.2, 0.25) is 0 Å². The SMILES string of the molecule is C=CC(=O)CC/C=C/C. The van der Waals surface area contributed by atoms with Gasteiger partial charge in [0.05, 0.1) is 0 Å². The highest BCUT2D eigenvalue weighted by molar-refractivity contribution is 5.89. The minimum atomic E-state index is 0.119. The molecule has 0 saturated heterocycles. The predicted octanol–water partition coefficient (Wildman–Crippen LogP) is 2.10. The molecule has 0 saturated carbocycles. The Balaban J connectivity index is 3.27. The number of carbonyl (C=O) groups excluding carboxylic acids is 1. The van der Waals surface area contributed by atoms with Crippen LogP contribution in [0.1, 0.15) is 19.8 Å². The number of ketones is 1. The Morgan fingerprint density at radius 3 is 2.78 bits per heavy atom. The summed E-state index contributed by atoms with van der Waals surface area (Å²) in [6.07, 6.45) is 6.70. The topological polar surface area (TPSA) is 17.1 Å². The van der Waals surface area contributed by atoms with E-state index in [9.17, 15) is 4.79 Å². The third-order valence-electron chi connectivity index (χ3n) is 1.02. The molecule has 9 heavy (non-hydrogen) atoms. The van der Waals surface area contributed by atoms with Gasteiger partial charge in [-0.2, -0.15) is 0 Å². The molecule has 0 aromatic rings. The molecule has 0 fully saturated rings. The molecule has 0 atom stereocenters. The van der Waals surface area contributed by atoms with Gasteiger partial charge in [0, 0.05) is 6.42 Å². The zero-order chi connectivity index (χ0) is 7.11. The molecule has 0 spiro atoms. The van der Waals surface area contributed by atoms with Crippen molar-refractivity contribution in [1.29, 1.82) is 0 Å². The first kappa shape index (κ1) is 8.15. The van der Waals surface area contributed by atoms with Gasteiger partial charge < -0.3 is 0 Å². The fraction of sp³-hybridized carbons (Fsp3) is 0.375. The van der Waals surface area contributed by atoms with Crippen molar-refractivity contribution < 1.29 is 4.79 Å². The molecule has 50 valence electrons. The lowest BCUT2D eigenvalue weighted by atomic mass is 10.2. The molecular formula is C8H12O. The largest absolute Gasteiger partial charge is 0.295 e. The second kappa shape index (κ2) is 5.29. The van der Waals surface area contributed by atoms with Crippen molar-refractivity contribution in [3.8, 4) is 0 Å². The van der Waals surface area contributed by atoms with Crippen molar-refractivity contribution in [1.82, 2.24) is 0 Å². The molecule has 1 nitrogen and oxygen atoms in total. The van der Waals surface area contributed by atoms with Crippen LogP contribution in [0.3, 0.4) is 0 Å². The number of carbonyl (C=O) groups is 1. The number of hydrogen-bond donors (Lipinski definition) is 0. The number of allylic oxidation sites excluding steroid dienone is 3. The lowest BCUT2D eigenvalue weighted by Gasteiger charge is -1.86. The Morgan fingerprint density at radius 2 is 2.33 bits per heavy atom. The molecule has 0 amide bonds. The van der Waals surface area contributed by atoms with E-state index in [0.717, 1.165) is 6.42 Å². The van der Waals surface area contributed by atoms with E-state index in [1.807, 2.05) is 19.1 Å². The molecule has 0 radical (unpaired) electrons. The van der Waals surface area contributed by atoms with Crippen LogP contribution in [0.5, 0.6) is 0 Å². The summed E-state index contributed by atoms with van der Waals surface area (Å²) in [7, 11) is 0. The lowest BCUT2D eigenvalue weighted by molar-refractivity contribution is -0.114. The van der Waals surface area contributed by atoms with Crippen molar-refractivity contribution in [2.45, 2.75) is 19.8 Å². The number of rotatable bonds is 4. The Hall–Kier alpha value is -0.850. The van der Waals surface area contributed by atoms with E-state index in [1.165, 1.54) is 6.08 Å². The maximum atomic E-state index is 10.5. The Morgan fingerprint density at radius 1 is 1.67 bits per heavy atom. The molecule has 1 heteroatoms. The van der Waals surface area contributed by atoms with Crippen LogP contribution in [-0.2, 0) is 4.79 Å². The van der Waals surface area contributed by atoms with Crippen molar-refractivity contribution in [3.05, 3.63) is 24.8 Å². The fourth-order valence-electron chi connectivity index (χ4n) is 0.494. The molecule has 0 N–H and O–H groups in total. The predicted molar refractivity (Wildman–Crippen MR) is 39.3 cm³/mol. The van der Waals surface area contributed by atoms with E-state index in [4.69, 9.17) is 0 Å². The minimum Gasteiger partial charge on any atom is -0.295 e. The lowest BCUT2D eigenvalue weighted by Crippen LogP contribution is -1.88. The van der Waals surface area contributed by atoms with Gasteiger partial charge in [-0.25, -0.2) is 0 Å². The van der Waals surface area contributed by atoms with E-state index in [1.54, 1.807) is 0 Å². The summed E-state index contributed by atoms with van der Waals surface area (Å²) in [6.45, 7) is 5.31. The summed E-state index contributed by atoms with van der Waals surface area (Å²) in [5.74, 6) is 0.119. The second-order valence-corrected chi connectivity index (χ2v) is 1.78. The Bertz CT molecular complexity index is 123. The normalized spacial score (nSPS) is 9.89. The summed E-state index contributed by atoms with van der Waals surface area (Å²) in [4.78, 5) is 10.5. The van der Waals surface area contributed by atoms with Crippen LogP contribution in [0.2, 0.25) is 0 Å².